The number of nitrogens with one attached hydrogen (secondary N) is 2. The van der Waals surface area contributed by atoms with Crippen molar-refractivity contribution in [2.45, 2.75) is 62.6 Å². The number of carbonyl (C=O) groups excluding carboxylic acids is 1. The highest BCUT2D eigenvalue weighted by Gasteiger charge is 2.19. The summed E-state index contributed by atoms with van der Waals surface area (Å²) < 4.78 is 0.793. The van der Waals surface area contributed by atoms with Gasteiger partial charge in [0.25, 0.3) is 0 Å². The van der Waals surface area contributed by atoms with Gasteiger partial charge in [-0.05, 0) is 44.7 Å². The van der Waals surface area contributed by atoms with Crippen molar-refractivity contribution in [2.75, 3.05) is 10.6 Å². The number of rotatable bonds is 8. The lowest BCUT2D eigenvalue weighted by atomic mass is 9.97. The number of amides is 1. The molecule has 136 valence electrons. The fraction of sp³-hybridized carbons (Fsp3) is 0.500. The van der Waals surface area contributed by atoms with Crippen LogP contribution in [0, 0.1) is 0 Å². The minimum absolute atomic E-state index is 0.0191. The molecule has 0 radical (unpaired) electrons. The number of thioether (sulfide) groups is 1. The maximum Gasteiger partial charge on any atom is 0.237 e. The average molecular weight is 379 g/mol. The van der Waals surface area contributed by atoms with Crippen molar-refractivity contribution in [3.8, 4) is 0 Å². The van der Waals surface area contributed by atoms with E-state index >= 15 is 0 Å². The zero-order chi connectivity index (χ0) is 18.4. The Hall–Kier alpha value is -1.60. The lowest BCUT2D eigenvalue weighted by Crippen LogP contribution is -2.23. The van der Waals surface area contributed by atoms with Crippen LogP contribution in [-0.4, -0.2) is 27.4 Å². The summed E-state index contributed by atoms with van der Waals surface area (Å²) in [6.45, 7) is 10.3. The molecule has 0 saturated heterocycles. The molecule has 1 aromatic carbocycles. The number of benzene rings is 1. The fourth-order valence-electron chi connectivity index (χ4n) is 2.26. The molecule has 1 aromatic heterocycles. The van der Waals surface area contributed by atoms with Crippen LogP contribution in [-0.2, 0) is 4.79 Å². The minimum atomic E-state index is -0.246. The summed E-state index contributed by atoms with van der Waals surface area (Å²) in [6, 6.07) is 8.32. The van der Waals surface area contributed by atoms with Gasteiger partial charge in [-0.25, -0.2) is 0 Å². The Morgan fingerprint density at radius 1 is 1.20 bits per heavy atom. The van der Waals surface area contributed by atoms with E-state index in [1.165, 1.54) is 28.7 Å². The van der Waals surface area contributed by atoms with Crippen LogP contribution in [0.25, 0.3) is 0 Å². The van der Waals surface area contributed by atoms with Crippen LogP contribution < -0.4 is 10.6 Å². The van der Waals surface area contributed by atoms with Crippen LogP contribution in [0.4, 0.5) is 10.8 Å². The Morgan fingerprint density at radius 2 is 1.92 bits per heavy atom. The number of para-hydroxylation sites is 1. The van der Waals surface area contributed by atoms with Crippen molar-refractivity contribution < 1.29 is 4.79 Å². The van der Waals surface area contributed by atoms with Crippen molar-refractivity contribution >= 4 is 39.8 Å². The Bertz CT molecular complexity index is 702. The molecule has 1 amide bonds. The minimum Gasteiger partial charge on any atom is -0.358 e. The Labute approximate surface area is 158 Å². The molecule has 0 saturated carbocycles. The van der Waals surface area contributed by atoms with Crippen LogP contribution in [0.15, 0.2) is 28.6 Å². The third-order valence-corrected chi connectivity index (χ3v) is 5.87. The van der Waals surface area contributed by atoms with Crippen molar-refractivity contribution in [1.82, 2.24) is 10.2 Å². The summed E-state index contributed by atoms with van der Waals surface area (Å²) in [5.41, 5.74) is 2.07. The normalized spacial score (nSPS) is 13.5. The SMILES string of the molecule is CC[C@H](C)c1ccccc1NC(=O)[C@@H](C)Sc1nnc(NC(C)C)s1. The summed E-state index contributed by atoms with van der Waals surface area (Å²) >= 11 is 2.91. The Morgan fingerprint density at radius 3 is 2.60 bits per heavy atom. The first kappa shape index (κ1) is 19.7. The second kappa shape index (κ2) is 9.20. The lowest BCUT2D eigenvalue weighted by Gasteiger charge is -2.17. The van der Waals surface area contributed by atoms with Crippen LogP contribution in [0.2, 0.25) is 0 Å². The smallest absolute Gasteiger partial charge is 0.237 e. The number of hydrogen-bond donors (Lipinski definition) is 2. The van der Waals surface area contributed by atoms with Crippen LogP contribution >= 0.6 is 23.1 Å². The average Bonchev–Trinajstić information content (AvgIpc) is 3.00. The highest BCUT2D eigenvalue weighted by Crippen LogP contribution is 2.31. The summed E-state index contributed by atoms with van der Waals surface area (Å²) in [5, 5.41) is 15.1. The third kappa shape index (κ3) is 5.71. The van der Waals surface area contributed by atoms with Gasteiger partial charge >= 0.3 is 0 Å². The van der Waals surface area contributed by atoms with E-state index in [9.17, 15) is 4.79 Å². The molecule has 0 aliphatic carbocycles. The van der Waals surface area contributed by atoms with Crippen LogP contribution in [0.5, 0.6) is 0 Å². The van der Waals surface area contributed by atoms with E-state index in [0.717, 1.165) is 21.6 Å². The van der Waals surface area contributed by atoms with Gasteiger partial charge in [-0.3, -0.25) is 4.79 Å². The van der Waals surface area contributed by atoms with Crippen molar-refractivity contribution in [3.05, 3.63) is 29.8 Å². The van der Waals surface area contributed by atoms with E-state index in [4.69, 9.17) is 0 Å². The summed E-state index contributed by atoms with van der Waals surface area (Å²) in [5.74, 6) is 0.390. The van der Waals surface area contributed by atoms with E-state index < -0.39 is 0 Å². The highest BCUT2D eigenvalue weighted by atomic mass is 32.2. The topological polar surface area (TPSA) is 66.9 Å². The zero-order valence-corrected chi connectivity index (χ0v) is 17.0. The number of anilines is 2. The molecule has 0 aliphatic rings. The van der Waals surface area contributed by atoms with E-state index in [-0.39, 0.29) is 11.2 Å². The molecule has 0 unspecified atom stereocenters. The van der Waals surface area contributed by atoms with Crippen molar-refractivity contribution in [2.24, 2.45) is 0 Å². The molecule has 1 heterocycles. The maximum atomic E-state index is 12.6. The molecule has 0 aliphatic heterocycles. The van der Waals surface area contributed by atoms with Gasteiger partial charge in [0.2, 0.25) is 11.0 Å². The quantitative estimate of drug-likeness (QED) is 0.633. The fourth-order valence-corrected chi connectivity index (χ4v) is 4.30. The molecule has 2 rings (SSSR count). The predicted molar refractivity (Wildman–Crippen MR) is 108 cm³/mol. The first-order valence-electron chi connectivity index (χ1n) is 8.57. The van der Waals surface area contributed by atoms with Gasteiger partial charge in [0, 0.05) is 11.7 Å². The Balaban J connectivity index is 2.00. The second-order valence-electron chi connectivity index (χ2n) is 6.32. The molecule has 0 bridgehead atoms. The number of nitrogens with zero attached hydrogens (tertiary/aromatic N) is 2. The van der Waals surface area contributed by atoms with Gasteiger partial charge in [0.1, 0.15) is 0 Å². The van der Waals surface area contributed by atoms with E-state index in [0.29, 0.717) is 12.0 Å². The van der Waals surface area contributed by atoms with E-state index in [2.05, 4.69) is 54.6 Å². The van der Waals surface area contributed by atoms with Gasteiger partial charge in [-0.1, -0.05) is 55.1 Å². The third-order valence-electron chi connectivity index (χ3n) is 3.83. The van der Waals surface area contributed by atoms with Crippen molar-refractivity contribution in [1.29, 1.82) is 0 Å². The summed E-state index contributed by atoms with van der Waals surface area (Å²) in [6.07, 6.45) is 1.04. The molecule has 0 spiro atoms. The summed E-state index contributed by atoms with van der Waals surface area (Å²) in [4.78, 5) is 12.6. The standard InChI is InChI=1S/C18H26N4OS2/c1-6-12(4)14-9-7-8-10-15(14)20-16(23)13(5)24-18-22-21-17(25-18)19-11(2)3/h7-13H,6H2,1-5H3,(H,19,21)(H,20,23)/t12-,13+/m0/s1. The molecule has 7 heteroatoms. The second-order valence-corrected chi connectivity index (χ2v) is 8.88. The molecular formula is C18H26N4OS2. The highest BCUT2D eigenvalue weighted by molar-refractivity contribution is 8.02. The largest absolute Gasteiger partial charge is 0.358 e. The first-order chi connectivity index (χ1) is 11.9. The van der Waals surface area contributed by atoms with Crippen LogP contribution in [0.3, 0.4) is 0 Å². The van der Waals surface area contributed by atoms with Gasteiger partial charge in [0.15, 0.2) is 4.34 Å². The molecule has 25 heavy (non-hydrogen) atoms. The van der Waals surface area contributed by atoms with Crippen LogP contribution in [0.1, 0.15) is 52.5 Å². The molecule has 0 fully saturated rings. The number of aromatic nitrogens is 2. The maximum absolute atomic E-state index is 12.6. The van der Waals surface area contributed by atoms with Gasteiger partial charge in [0.05, 0.1) is 5.25 Å². The van der Waals surface area contributed by atoms with Gasteiger partial charge < -0.3 is 10.6 Å². The molecule has 5 nitrogen and oxygen atoms in total. The first-order valence-corrected chi connectivity index (χ1v) is 10.3. The van der Waals surface area contributed by atoms with Gasteiger partial charge in [-0.15, -0.1) is 10.2 Å². The molecule has 2 atom stereocenters. The van der Waals surface area contributed by atoms with E-state index in [1.807, 2.05) is 25.1 Å². The van der Waals surface area contributed by atoms with Crippen molar-refractivity contribution in [3.63, 3.8) is 0 Å². The molecule has 2 N–H and O–H groups in total. The number of carbonyl (C=O) groups is 1. The number of hydrogen-bond acceptors (Lipinski definition) is 6. The molecular weight excluding hydrogens is 352 g/mol. The monoisotopic (exact) mass is 378 g/mol. The summed E-state index contributed by atoms with van der Waals surface area (Å²) in [7, 11) is 0. The van der Waals surface area contributed by atoms with E-state index in [1.54, 1.807) is 0 Å². The predicted octanol–water partition coefficient (Wildman–Crippen LogP) is 4.99. The zero-order valence-electron chi connectivity index (χ0n) is 15.4. The lowest BCUT2D eigenvalue weighted by molar-refractivity contribution is -0.115. The Kier molecular flexibility index (Phi) is 7.25. The van der Waals surface area contributed by atoms with Gasteiger partial charge in [-0.2, -0.15) is 0 Å². The molecule has 2 aromatic rings.